The molecule has 136 valence electrons. The highest BCUT2D eigenvalue weighted by Gasteiger charge is 2.24. The van der Waals surface area contributed by atoms with Crippen LogP contribution in [-0.2, 0) is 16.0 Å². The fourth-order valence-corrected chi connectivity index (χ4v) is 2.78. The van der Waals surface area contributed by atoms with Crippen LogP contribution in [0.1, 0.15) is 26.3 Å². The number of alkyl carbamates (subject to hydrolysis) is 1. The number of furan rings is 1. The molecule has 0 fully saturated rings. The summed E-state index contributed by atoms with van der Waals surface area (Å²) in [5, 5.41) is 13.8. The normalized spacial score (nSPS) is 12.9. The molecule has 0 spiro atoms. The van der Waals surface area contributed by atoms with Gasteiger partial charge in [-0.05, 0) is 38.5 Å². The SMILES string of the molecule is CC(C)(C)OC(=O)NC(Cc1ccc2c(c1)oc1ccccc12)C(=O)O. The van der Waals surface area contributed by atoms with Crippen molar-refractivity contribution in [2.75, 3.05) is 0 Å². The molecule has 3 rings (SSSR count). The molecule has 2 N–H and O–H groups in total. The summed E-state index contributed by atoms with van der Waals surface area (Å²) in [5.74, 6) is -1.12. The first-order chi connectivity index (χ1) is 12.2. The topological polar surface area (TPSA) is 88.8 Å². The molecular formula is C20H21NO5. The Morgan fingerprint density at radius 2 is 1.81 bits per heavy atom. The maximum absolute atomic E-state index is 11.9. The Hall–Kier alpha value is -3.02. The molecule has 0 aliphatic heterocycles. The number of hydrogen-bond donors (Lipinski definition) is 2. The number of fused-ring (bicyclic) bond motifs is 3. The molecule has 1 aromatic heterocycles. The van der Waals surface area contributed by atoms with Gasteiger partial charge in [-0.2, -0.15) is 0 Å². The fraction of sp³-hybridized carbons (Fsp3) is 0.300. The Morgan fingerprint density at radius 1 is 1.12 bits per heavy atom. The highest BCUT2D eigenvalue weighted by Crippen LogP contribution is 2.29. The zero-order valence-electron chi connectivity index (χ0n) is 14.9. The molecule has 1 heterocycles. The van der Waals surface area contributed by atoms with E-state index >= 15 is 0 Å². The third kappa shape index (κ3) is 3.96. The zero-order chi connectivity index (χ0) is 18.9. The molecular weight excluding hydrogens is 334 g/mol. The lowest BCUT2D eigenvalue weighted by molar-refractivity contribution is -0.139. The van der Waals surface area contributed by atoms with E-state index in [1.54, 1.807) is 20.8 Å². The van der Waals surface area contributed by atoms with Crippen molar-refractivity contribution in [2.24, 2.45) is 0 Å². The van der Waals surface area contributed by atoms with E-state index in [9.17, 15) is 14.7 Å². The maximum Gasteiger partial charge on any atom is 0.408 e. The number of para-hydroxylation sites is 1. The van der Waals surface area contributed by atoms with Crippen LogP contribution in [0.5, 0.6) is 0 Å². The number of carbonyl (C=O) groups excluding carboxylic acids is 1. The van der Waals surface area contributed by atoms with Crippen molar-refractivity contribution in [3.63, 3.8) is 0 Å². The number of benzene rings is 2. The predicted octanol–water partition coefficient (Wildman–Crippen LogP) is 4.11. The van der Waals surface area contributed by atoms with Gasteiger partial charge in [-0.25, -0.2) is 9.59 Å². The molecule has 0 bridgehead atoms. The minimum atomic E-state index is -1.12. The lowest BCUT2D eigenvalue weighted by Gasteiger charge is -2.22. The molecule has 0 aliphatic carbocycles. The third-order valence-corrected chi connectivity index (χ3v) is 3.87. The number of hydrogen-bond acceptors (Lipinski definition) is 4. The van der Waals surface area contributed by atoms with E-state index in [2.05, 4.69) is 5.32 Å². The van der Waals surface area contributed by atoms with Crippen LogP contribution in [0.2, 0.25) is 0 Å². The van der Waals surface area contributed by atoms with Crippen molar-refractivity contribution in [2.45, 2.75) is 38.8 Å². The van der Waals surface area contributed by atoms with Gasteiger partial charge < -0.3 is 19.6 Å². The van der Waals surface area contributed by atoms with Crippen LogP contribution < -0.4 is 5.32 Å². The standard InChI is InChI=1S/C20H21NO5/c1-20(2,3)26-19(24)21-15(18(22)23)10-12-8-9-14-13-6-4-5-7-16(13)25-17(14)11-12/h4-9,11,15H,10H2,1-3H3,(H,21,24)(H,22,23). The van der Waals surface area contributed by atoms with E-state index in [4.69, 9.17) is 9.15 Å². The second-order valence-corrected chi connectivity index (χ2v) is 7.17. The highest BCUT2D eigenvalue weighted by atomic mass is 16.6. The Labute approximate surface area is 150 Å². The molecule has 0 saturated carbocycles. The van der Waals surface area contributed by atoms with Crippen molar-refractivity contribution in [1.82, 2.24) is 5.32 Å². The Kier molecular flexibility index (Phi) is 4.59. The first kappa shape index (κ1) is 17.8. The van der Waals surface area contributed by atoms with Gasteiger partial charge in [-0.15, -0.1) is 0 Å². The van der Waals surface area contributed by atoms with E-state index in [0.717, 1.165) is 21.9 Å². The summed E-state index contributed by atoms with van der Waals surface area (Å²) in [6.07, 6.45) is -0.628. The first-order valence-electron chi connectivity index (χ1n) is 8.35. The number of carboxylic acid groups (broad SMARTS) is 1. The first-order valence-corrected chi connectivity index (χ1v) is 8.35. The van der Waals surface area contributed by atoms with Gasteiger partial charge >= 0.3 is 12.1 Å². The Bertz CT molecular complexity index is 967. The summed E-state index contributed by atoms with van der Waals surface area (Å²) in [6, 6.07) is 12.2. The van der Waals surface area contributed by atoms with Gasteiger partial charge in [0.05, 0.1) is 0 Å². The molecule has 1 unspecified atom stereocenters. The average Bonchev–Trinajstić information content (AvgIpc) is 2.90. The molecule has 6 nitrogen and oxygen atoms in total. The molecule has 0 radical (unpaired) electrons. The van der Waals surface area contributed by atoms with Crippen LogP contribution in [0.15, 0.2) is 46.9 Å². The lowest BCUT2D eigenvalue weighted by atomic mass is 10.0. The smallest absolute Gasteiger partial charge is 0.408 e. The van der Waals surface area contributed by atoms with Gasteiger partial charge in [0.15, 0.2) is 0 Å². The van der Waals surface area contributed by atoms with Crippen LogP contribution in [0.25, 0.3) is 21.9 Å². The number of nitrogens with one attached hydrogen (secondary N) is 1. The minimum absolute atomic E-state index is 0.127. The van der Waals surface area contributed by atoms with Crippen molar-refractivity contribution in [3.05, 3.63) is 48.0 Å². The largest absolute Gasteiger partial charge is 0.480 e. The summed E-state index contributed by atoms with van der Waals surface area (Å²) in [6.45, 7) is 5.16. The van der Waals surface area contributed by atoms with Crippen LogP contribution in [-0.4, -0.2) is 28.8 Å². The number of ether oxygens (including phenoxy) is 1. The van der Waals surface area contributed by atoms with E-state index in [-0.39, 0.29) is 6.42 Å². The molecule has 0 aliphatic rings. The molecule has 0 saturated heterocycles. The molecule has 3 aromatic rings. The van der Waals surface area contributed by atoms with Gasteiger partial charge in [0.1, 0.15) is 22.8 Å². The number of carbonyl (C=O) groups is 2. The summed E-state index contributed by atoms with van der Waals surface area (Å²) in [5.41, 5.74) is 1.52. The second-order valence-electron chi connectivity index (χ2n) is 7.17. The van der Waals surface area contributed by atoms with Crippen LogP contribution >= 0.6 is 0 Å². The number of aliphatic carboxylic acids is 1. The maximum atomic E-state index is 11.9. The van der Waals surface area contributed by atoms with Gasteiger partial charge in [0.25, 0.3) is 0 Å². The zero-order valence-corrected chi connectivity index (χ0v) is 14.9. The number of carboxylic acids is 1. The van der Waals surface area contributed by atoms with Crippen LogP contribution in [0.4, 0.5) is 4.79 Å². The second kappa shape index (κ2) is 6.71. The Balaban J connectivity index is 1.81. The monoisotopic (exact) mass is 355 g/mol. The average molecular weight is 355 g/mol. The quantitative estimate of drug-likeness (QED) is 0.735. The van der Waals surface area contributed by atoms with Gasteiger partial charge in [-0.3, -0.25) is 0 Å². The van der Waals surface area contributed by atoms with Crippen LogP contribution in [0.3, 0.4) is 0 Å². The fourth-order valence-electron chi connectivity index (χ4n) is 2.78. The summed E-state index contributed by atoms with van der Waals surface area (Å²) < 4.78 is 11.0. The van der Waals surface area contributed by atoms with E-state index < -0.39 is 23.7 Å². The molecule has 1 amide bonds. The molecule has 2 aromatic carbocycles. The van der Waals surface area contributed by atoms with E-state index in [1.165, 1.54) is 0 Å². The number of rotatable bonds is 4. The Morgan fingerprint density at radius 3 is 2.50 bits per heavy atom. The highest BCUT2D eigenvalue weighted by molar-refractivity contribution is 6.04. The van der Waals surface area contributed by atoms with Gasteiger partial charge in [0.2, 0.25) is 0 Å². The summed E-state index contributed by atoms with van der Waals surface area (Å²) in [4.78, 5) is 23.4. The van der Waals surface area contributed by atoms with Gasteiger partial charge in [0, 0.05) is 17.2 Å². The number of amides is 1. The van der Waals surface area contributed by atoms with Crippen molar-refractivity contribution in [1.29, 1.82) is 0 Å². The van der Waals surface area contributed by atoms with Crippen LogP contribution in [0, 0.1) is 0 Å². The van der Waals surface area contributed by atoms with Crippen molar-refractivity contribution in [3.8, 4) is 0 Å². The lowest BCUT2D eigenvalue weighted by Crippen LogP contribution is -2.44. The predicted molar refractivity (Wildman–Crippen MR) is 98.2 cm³/mol. The van der Waals surface area contributed by atoms with Crippen molar-refractivity contribution >= 4 is 34.0 Å². The van der Waals surface area contributed by atoms with Crippen molar-refractivity contribution < 1.29 is 23.8 Å². The molecule has 26 heavy (non-hydrogen) atoms. The van der Waals surface area contributed by atoms with E-state index in [0.29, 0.717) is 5.58 Å². The van der Waals surface area contributed by atoms with E-state index in [1.807, 2.05) is 42.5 Å². The molecule has 6 heteroatoms. The minimum Gasteiger partial charge on any atom is -0.480 e. The molecule has 1 atom stereocenters. The van der Waals surface area contributed by atoms with Gasteiger partial charge in [-0.1, -0.05) is 30.3 Å². The summed E-state index contributed by atoms with van der Waals surface area (Å²) in [7, 11) is 0. The summed E-state index contributed by atoms with van der Waals surface area (Å²) >= 11 is 0. The third-order valence-electron chi connectivity index (χ3n) is 3.87.